The largest absolute Gasteiger partial charge is 0.356 e. The zero-order chi connectivity index (χ0) is 15.9. The zero-order valence-electron chi connectivity index (χ0n) is 12.7. The highest BCUT2D eigenvalue weighted by Crippen LogP contribution is 2.06. The van der Waals surface area contributed by atoms with Crippen LogP contribution in [0.2, 0.25) is 0 Å². The smallest absolute Gasteiger partial charge is 0.262 e. The van der Waals surface area contributed by atoms with Gasteiger partial charge in [-0.1, -0.05) is 31.9 Å². The van der Waals surface area contributed by atoms with Gasteiger partial charge in [-0.25, -0.2) is 0 Å². The second-order valence-electron chi connectivity index (χ2n) is 5.24. The summed E-state index contributed by atoms with van der Waals surface area (Å²) in [6.07, 6.45) is 3.47. The number of benzene rings is 1. The predicted octanol–water partition coefficient (Wildman–Crippen LogP) is 2.76. The third kappa shape index (κ3) is 4.04. The highest BCUT2D eigenvalue weighted by atomic mass is 32.1. The van der Waals surface area contributed by atoms with Crippen molar-refractivity contribution >= 4 is 29.0 Å². The first-order chi connectivity index (χ1) is 10.6. The molecule has 2 rings (SSSR count). The third-order valence-corrected chi connectivity index (χ3v) is 3.88. The number of rotatable bonds is 7. The van der Waals surface area contributed by atoms with Crippen molar-refractivity contribution in [1.82, 2.24) is 14.9 Å². The summed E-state index contributed by atoms with van der Waals surface area (Å²) in [5, 5.41) is 3.45. The number of nitrogens with one attached hydrogen (secondary N) is 2. The van der Waals surface area contributed by atoms with Crippen molar-refractivity contribution in [2.24, 2.45) is 0 Å². The lowest BCUT2D eigenvalue weighted by Gasteiger charge is -2.08. The maximum Gasteiger partial charge on any atom is 0.262 e. The van der Waals surface area contributed by atoms with E-state index in [2.05, 4.69) is 17.2 Å². The maximum absolute atomic E-state index is 12.4. The molecule has 22 heavy (non-hydrogen) atoms. The summed E-state index contributed by atoms with van der Waals surface area (Å²) in [5.41, 5.74) is 0.566. The van der Waals surface area contributed by atoms with Crippen molar-refractivity contribution in [3.8, 4) is 0 Å². The van der Waals surface area contributed by atoms with Gasteiger partial charge in [-0.15, -0.1) is 0 Å². The van der Waals surface area contributed by atoms with Crippen molar-refractivity contribution in [3.05, 3.63) is 39.4 Å². The third-order valence-electron chi connectivity index (χ3n) is 3.55. The molecule has 0 radical (unpaired) electrons. The van der Waals surface area contributed by atoms with E-state index in [9.17, 15) is 9.59 Å². The van der Waals surface area contributed by atoms with Crippen molar-refractivity contribution < 1.29 is 4.79 Å². The number of para-hydroxylation sites is 1. The molecule has 0 aliphatic rings. The van der Waals surface area contributed by atoms with Gasteiger partial charge >= 0.3 is 0 Å². The summed E-state index contributed by atoms with van der Waals surface area (Å²) in [7, 11) is 0. The van der Waals surface area contributed by atoms with Crippen LogP contribution in [0.1, 0.15) is 32.6 Å². The van der Waals surface area contributed by atoms with Gasteiger partial charge in [0.2, 0.25) is 5.91 Å². The van der Waals surface area contributed by atoms with E-state index < -0.39 is 0 Å². The predicted molar refractivity (Wildman–Crippen MR) is 90.5 cm³/mol. The topological polar surface area (TPSA) is 66.9 Å². The number of amides is 1. The molecule has 1 aromatic carbocycles. The lowest BCUT2D eigenvalue weighted by molar-refractivity contribution is -0.121. The van der Waals surface area contributed by atoms with Gasteiger partial charge < -0.3 is 10.3 Å². The molecule has 0 unspecified atom stereocenters. The van der Waals surface area contributed by atoms with E-state index in [1.807, 2.05) is 18.2 Å². The van der Waals surface area contributed by atoms with Crippen LogP contribution in [0.15, 0.2) is 29.1 Å². The van der Waals surface area contributed by atoms with Crippen LogP contribution in [0, 0.1) is 4.77 Å². The zero-order valence-corrected chi connectivity index (χ0v) is 13.5. The number of unbranched alkanes of at least 4 members (excludes halogenated alkanes) is 2. The number of aromatic amines is 1. The van der Waals surface area contributed by atoms with Crippen LogP contribution < -0.4 is 10.9 Å². The minimum Gasteiger partial charge on any atom is -0.356 e. The first-order valence-electron chi connectivity index (χ1n) is 7.62. The summed E-state index contributed by atoms with van der Waals surface area (Å²) in [5.74, 6) is -0.0504. The number of fused-ring (bicyclic) bond motifs is 1. The number of carbonyl (C=O) groups is 1. The molecule has 1 heterocycles. The molecule has 0 spiro atoms. The van der Waals surface area contributed by atoms with E-state index in [1.54, 1.807) is 6.07 Å². The Kier molecular flexibility index (Phi) is 5.89. The second kappa shape index (κ2) is 7.89. The Morgan fingerprint density at radius 2 is 2.09 bits per heavy atom. The van der Waals surface area contributed by atoms with Crippen LogP contribution in [-0.2, 0) is 11.3 Å². The molecule has 0 atom stereocenters. The van der Waals surface area contributed by atoms with E-state index in [4.69, 9.17) is 12.2 Å². The SMILES string of the molecule is CCCCCNC(=O)CCn1c(=S)[nH]c2ccccc2c1=O. The van der Waals surface area contributed by atoms with E-state index in [0.29, 0.717) is 23.2 Å². The fourth-order valence-electron chi connectivity index (χ4n) is 2.31. The average Bonchev–Trinajstić information content (AvgIpc) is 2.51. The fourth-order valence-corrected chi connectivity index (χ4v) is 2.59. The fraction of sp³-hybridized carbons (Fsp3) is 0.438. The van der Waals surface area contributed by atoms with E-state index in [1.165, 1.54) is 4.57 Å². The summed E-state index contributed by atoms with van der Waals surface area (Å²) < 4.78 is 1.80. The molecule has 0 aliphatic heterocycles. The quantitative estimate of drug-likeness (QED) is 0.609. The normalized spacial score (nSPS) is 10.8. The van der Waals surface area contributed by atoms with Gasteiger partial charge in [0.25, 0.3) is 5.56 Å². The molecule has 0 saturated heterocycles. The molecule has 5 nitrogen and oxygen atoms in total. The molecule has 0 saturated carbocycles. The summed E-state index contributed by atoms with van der Waals surface area (Å²) in [6, 6.07) is 7.23. The van der Waals surface area contributed by atoms with E-state index in [-0.39, 0.29) is 17.9 Å². The molecule has 2 N–H and O–H groups in total. The molecule has 118 valence electrons. The van der Waals surface area contributed by atoms with Crippen LogP contribution in [0.5, 0.6) is 0 Å². The van der Waals surface area contributed by atoms with Gasteiger partial charge in [0, 0.05) is 19.5 Å². The van der Waals surface area contributed by atoms with Gasteiger partial charge in [-0.2, -0.15) is 0 Å². The first kappa shape index (κ1) is 16.4. The average molecular weight is 319 g/mol. The highest BCUT2D eigenvalue weighted by molar-refractivity contribution is 7.71. The minimum absolute atomic E-state index is 0.0504. The number of hydrogen-bond donors (Lipinski definition) is 2. The van der Waals surface area contributed by atoms with Gasteiger partial charge in [0.1, 0.15) is 0 Å². The summed E-state index contributed by atoms with van der Waals surface area (Å²) >= 11 is 5.22. The number of hydrogen-bond acceptors (Lipinski definition) is 3. The number of aromatic nitrogens is 2. The lowest BCUT2D eigenvalue weighted by Crippen LogP contribution is -2.28. The monoisotopic (exact) mass is 319 g/mol. The van der Waals surface area contributed by atoms with E-state index >= 15 is 0 Å². The minimum atomic E-state index is -0.155. The van der Waals surface area contributed by atoms with Crippen LogP contribution in [0.3, 0.4) is 0 Å². The maximum atomic E-state index is 12.4. The molecular formula is C16H21N3O2S. The Morgan fingerprint density at radius 1 is 1.32 bits per heavy atom. The van der Waals surface area contributed by atoms with Crippen LogP contribution in [0.4, 0.5) is 0 Å². The summed E-state index contributed by atoms with van der Waals surface area (Å²) in [4.78, 5) is 27.2. The van der Waals surface area contributed by atoms with Gasteiger partial charge in [0.15, 0.2) is 4.77 Å². The first-order valence-corrected chi connectivity index (χ1v) is 8.03. The number of H-pyrrole nitrogens is 1. The summed E-state index contributed by atoms with van der Waals surface area (Å²) in [6.45, 7) is 3.10. The molecule has 0 fully saturated rings. The molecule has 2 aromatic rings. The van der Waals surface area contributed by atoms with Crippen molar-refractivity contribution in [2.45, 2.75) is 39.2 Å². The molecule has 6 heteroatoms. The lowest BCUT2D eigenvalue weighted by atomic mass is 10.2. The van der Waals surface area contributed by atoms with Crippen molar-refractivity contribution in [1.29, 1.82) is 0 Å². The molecular weight excluding hydrogens is 298 g/mol. The Hall–Kier alpha value is -1.95. The van der Waals surface area contributed by atoms with Crippen LogP contribution in [-0.4, -0.2) is 22.0 Å². The Labute approximate surface area is 134 Å². The molecule has 1 amide bonds. The number of nitrogens with zero attached hydrogens (tertiary/aromatic N) is 1. The standard InChI is InChI=1S/C16H21N3O2S/c1-2-3-6-10-17-14(20)9-11-19-15(21)12-7-4-5-8-13(12)18-16(19)22/h4-5,7-8H,2-3,6,9-11H2,1H3,(H,17,20)(H,18,22). The Balaban J connectivity index is 2.04. The van der Waals surface area contributed by atoms with Crippen LogP contribution in [0.25, 0.3) is 10.9 Å². The van der Waals surface area contributed by atoms with Gasteiger partial charge in [-0.05, 0) is 30.8 Å². The van der Waals surface area contributed by atoms with Crippen molar-refractivity contribution in [3.63, 3.8) is 0 Å². The van der Waals surface area contributed by atoms with Gasteiger partial charge in [0.05, 0.1) is 10.9 Å². The Morgan fingerprint density at radius 3 is 2.86 bits per heavy atom. The van der Waals surface area contributed by atoms with Crippen molar-refractivity contribution in [2.75, 3.05) is 6.54 Å². The number of carbonyl (C=O) groups excluding carboxylic acids is 1. The molecule has 0 bridgehead atoms. The highest BCUT2D eigenvalue weighted by Gasteiger charge is 2.07. The Bertz CT molecular complexity index is 764. The molecule has 0 aliphatic carbocycles. The second-order valence-corrected chi connectivity index (χ2v) is 5.63. The van der Waals surface area contributed by atoms with Gasteiger partial charge in [-0.3, -0.25) is 14.2 Å². The van der Waals surface area contributed by atoms with E-state index in [0.717, 1.165) is 24.8 Å². The van der Waals surface area contributed by atoms with Crippen LogP contribution >= 0.6 is 12.2 Å². The molecule has 1 aromatic heterocycles.